The van der Waals surface area contributed by atoms with Crippen LogP contribution in [0.4, 0.5) is 0 Å². The van der Waals surface area contributed by atoms with E-state index in [4.69, 9.17) is 9.84 Å². The van der Waals surface area contributed by atoms with Gasteiger partial charge in [0.1, 0.15) is 5.69 Å². The second-order valence-corrected chi connectivity index (χ2v) is 4.05. The summed E-state index contributed by atoms with van der Waals surface area (Å²) in [5.41, 5.74) is -0.352. The Labute approximate surface area is 120 Å². The molecule has 9 nitrogen and oxygen atoms in total. The number of carbonyl (C=O) groups is 2. The van der Waals surface area contributed by atoms with Crippen molar-refractivity contribution < 1.29 is 24.2 Å². The van der Waals surface area contributed by atoms with E-state index < -0.39 is 18.0 Å². The highest BCUT2D eigenvalue weighted by molar-refractivity contribution is 5.92. The Bertz CT molecular complexity index is 556. The molecule has 0 aliphatic rings. The monoisotopic (exact) mass is 299 g/mol. The smallest absolute Gasteiger partial charge is 0.334 e. The molecule has 21 heavy (non-hydrogen) atoms. The third kappa shape index (κ3) is 4.97. The molecule has 1 unspecified atom stereocenters. The molecule has 1 heterocycles. The van der Waals surface area contributed by atoms with Crippen LogP contribution in [0.5, 0.6) is 0 Å². The van der Waals surface area contributed by atoms with E-state index in [0.29, 0.717) is 0 Å². The van der Waals surface area contributed by atoms with Gasteiger partial charge in [-0.1, -0.05) is 0 Å². The van der Waals surface area contributed by atoms with Crippen LogP contribution in [0.1, 0.15) is 10.5 Å². The highest BCUT2D eigenvalue weighted by atomic mass is 16.5. The van der Waals surface area contributed by atoms with E-state index in [2.05, 4.69) is 15.2 Å². The van der Waals surface area contributed by atoms with Crippen LogP contribution in [0.2, 0.25) is 0 Å². The molecule has 0 saturated heterocycles. The zero-order valence-corrected chi connectivity index (χ0v) is 11.7. The van der Waals surface area contributed by atoms with E-state index in [1.807, 2.05) is 0 Å². The SMILES string of the molecule is COCCn1nc(C(=O)NCC(OC)C(=O)O)ccc1=O. The lowest BCUT2D eigenvalue weighted by Gasteiger charge is -2.11. The van der Waals surface area contributed by atoms with Gasteiger partial charge in [0.2, 0.25) is 0 Å². The second kappa shape index (κ2) is 8.12. The minimum Gasteiger partial charge on any atom is -0.479 e. The zero-order valence-electron chi connectivity index (χ0n) is 11.7. The van der Waals surface area contributed by atoms with Crippen molar-refractivity contribution in [2.24, 2.45) is 0 Å². The number of nitrogens with zero attached hydrogens (tertiary/aromatic N) is 2. The molecule has 0 bridgehead atoms. The number of aromatic nitrogens is 2. The lowest BCUT2D eigenvalue weighted by atomic mass is 10.3. The quantitative estimate of drug-likeness (QED) is 0.613. The molecule has 0 aliphatic heterocycles. The number of carbonyl (C=O) groups excluding carboxylic acids is 1. The summed E-state index contributed by atoms with van der Waals surface area (Å²) in [7, 11) is 2.71. The molecule has 1 rings (SSSR count). The van der Waals surface area contributed by atoms with Crippen molar-refractivity contribution >= 4 is 11.9 Å². The first-order valence-electron chi connectivity index (χ1n) is 6.10. The van der Waals surface area contributed by atoms with Gasteiger partial charge in [-0.2, -0.15) is 5.10 Å². The number of nitrogens with one attached hydrogen (secondary N) is 1. The van der Waals surface area contributed by atoms with E-state index in [-0.39, 0.29) is 30.9 Å². The number of carboxylic acids is 1. The Balaban J connectivity index is 2.74. The predicted molar refractivity (Wildman–Crippen MR) is 71.1 cm³/mol. The Morgan fingerprint density at radius 1 is 1.43 bits per heavy atom. The summed E-state index contributed by atoms with van der Waals surface area (Å²) in [6.07, 6.45) is -1.15. The van der Waals surface area contributed by atoms with Crippen molar-refractivity contribution in [3.63, 3.8) is 0 Å². The van der Waals surface area contributed by atoms with Crippen molar-refractivity contribution in [1.29, 1.82) is 0 Å². The Kier molecular flexibility index (Phi) is 6.50. The van der Waals surface area contributed by atoms with Crippen LogP contribution in [0.15, 0.2) is 16.9 Å². The topological polar surface area (TPSA) is 120 Å². The zero-order chi connectivity index (χ0) is 15.8. The van der Waals surface area contributed by atoms with E-state index in [0.717, 1.165) is 4.68 Å². The summed E-state index contributed by atoms with van der Waals surface area (Å²) >= 11 is 0. The molecule has 9 heteroatoms. The van der Waals surface area contributed by atoms with Crippen LogP contribution in [0, 0.1) is 0 Å². The summed E-state index contributed by atoms with van der Waals surface area (Å²) in [4.78, 5) is 34.1. The molecule has 1 atom stereocenters. The molecule has 1 aromatic rings. The second-order valence-electron chi connectivity index (χ2n) is 4.05. The largest absolute Gasteiger partial charge is 0.479 e. The van der Waals surface area contributed by atoms with E-state index >= 15 is 0 Å². The maximum Gasteiger partial charge on any atom is 0.334 e. The molecule has 0 aliphatic carbocycles. The summed E-state index contributed by atoms with van der Waals surface area (Å²) in [6, 6.07) is 2.48. The lowest BCUT2D eigenvalue weighted by molar-refractivity contribution is -0.148. The maximum atomic E-state index is 11.9. The number of ether oxygens (including phenoxy) is 2. The van der Waals surface area contributed by atoms with Crippen molar-refractivity contribution in [2.45, 2.75) is 12.6 Å². The van der Waals surface area contributed by atoms with E-state index in [1.165, 1.54) is 26.4 Å². The molecule has 116 valence electrons. The van der Waals surface area contributed by atoms with Crippen molar-refractivity contribution in [3.05, 3.63) is 28.2 Å². The number of aliphatic carboxylic acids is 1. The van der Waals surface area contributed by atoms with Crippen LogP contribution in [-0.2, 0) is 20.8 Å². The fourth-order valence-corrected chi connectivity index (χ4v) is 1.46. The van der Waals surface area contributed by atoms with Crippen LogP contribution < -0.4 is 10.9 Å². The fraction of sp³-hybridized carbons (Fsp3) is 0.500. The van der Waals surface area contributed by atoms with Gasteiger partial charge in [0.05, 0.1) is 19.7 Å². The van der Waals surface area contributed by atoms with Gasteiger partial charge in [0, 0.05) is 20.3 Å². The average molecular weight is 299 g/mol. The maximum absolute atomic E-state index is 11.9. The number of methoxy groups -OCH3 is 2. The first-order valence-corrected chi connectivity index (χ1v) is 6.10. The molecule has 1 aromatic heterocycles. The standard InChI is InChI=1S/C12H17N3O6/c1-20-6-5-15-10(16)4-3-8(14-15)11(17)13-7-9(21-2)12(18)19/h3-4,9H,5-7H2,1-2H3,(H,13,17)(H,18,19). The molecular weight excluding hydrogens is 282 g/mol. The summed E-state index contributed by atoms with van der Waals surface area (Å²) < 4.78 is 10.6. The average Bonchev–Trinajstić information content (AvgIpc) is 2.46. The summed E-state index contributed by atoms with van der Waals surface area (Å²) in [5.74, 6) is -1.78. The van der Waals surface area contributed by atoms with Crippen LogP contribution >= 0.6 is 0 Å². The third-order valence-electron chi connectivity index (χ3n) is 2.61. The van der Waals surface area contributed by atoms with Crippen LogP contribution in [-0.4, -0.2) is 60.2 Å². The lowest BCUT2D eigenvalue weighted by Crippen LogP contribution is -2.39. The normalized spacial score (nSPS) is 11.9. The highest BCUT2D eigenvalue weighted by Crippen LogP contribution is 1.93. The van der Waals surface area contributed by atoms with Gasteiger partial charge in [-0.15, -0.1) is 0 Å². The molecule has 0 fully saturated rings. The number of hydrogen-bond acceptors (Lipinski definition) is 6. The van der Waals surface area contributed by atoms with Gasteiger partial charge in [0.25, 0.3) is 11.5 Å². The van der Waals surface area contributed by atoms with Gasteiger partial charge >= 0.3 is 5.97 Å². The summed E-state index contributed by atoms with van der Waals surface area (Å²) in [6.45, 7) is 0.290. The van der Waals surface area contributed by atoms with Crippen molar-refractivity contribution in [1.82, 2.24) is 15.1 Å². The molecule has 2 N–H and O–H groups in total. The Morgan fingerprint density at radius 3 is 2.71 bits per heavy atom. The predicted octanol–water partition coefficient (Wildman–Crippen LogP) is -1.28. The third-order valence-corrected chi connectivity index (χ3v) is 2.61. The summed E-state index contributed by atoms with van der Waals surface area (Å²) in [5, 5.41) is 15.0. The number of hydrogen-bond donors (Lipinski definition) is 2. The molecular formula is C12H17N3O6. The van der Waals surface area contributed by atoms with Gasteiger partial charge in [-0.05, 0) is 6.07 Å². The molecule has 0 aromatic carbocycles. The van der Waals surface area contributed by atoms with Crippen molar-refractivity contribution in [2.75, 3.05) is 27.4 Å². The van der Waals surface area contributed by atoms with Crippen molar-refractivity contribution in [3.8, 4) is 0 Å². The number of rotatable bonds is 8. The van der Waals surface area contributed by atoms with Crippen LogP contribution in [0.3, 0.4) is 0 Å². The van der Waals surface area contributed by atoms with Gasteiger partial charge < -0.3 is 19.9 Å². The van der Waals surface area contributed by atoms with Gasteiger partial charge in [0.15, 0.2) is 6.10 Å². The van der Waals surface area contributed by atoms with Crippen LogP contribution in [0.25, 0.3) is 0 Å². The first-order chi connectivity index (χ1) is 9.99. The molecule has 0 saturated carbocycles. The highest BCUT2D eigenvalue weighted by Gasteiger charge is 2.18. The Morgan fingerprint density at radius 2 is 2.14 bits per heavy atom. The Hall–Kier alpha value is -2.26. The minimum absolute atomic E-state index is 0.00550. The number of carboxylic acid groups (broad SMARTS) is 1. The molecule has 1 amide bonds. The van der Waals surface area contributed by atoms with E-state index in [9.17, 15) is 14.4 Å². The van der Waals surface area contributed by atoms with E-state index in [1.54, 1.807) is 0 Å². The molecule has 0 radical (unpaired) electrons. The minimum atomic E-state index is -1.18. The molecule has 0 spiro atoms. The fourth-order valence-electron chi connectivity index (χ4n) is 1.46. The van der Waals surface area contributed by atoms with Gasteiger partial charge in [-0.25, -0.2) is 9.48 Å². The first kappa shape index (κ1) is 16.8. The van der Waals surface area contributed by atoms with Gasteiger partial charge in [-0.3, -0.25) is 9.59 Å². The number of amides is 1.